The Hall–Kier alpha value is -2.49. The van der Waals surface area contributed by atoms with Gasteiger partial charge in [0.1, 0.15) is 5.75 Å². The first-order chi connectivity index (χ1) is 10.2. The second-order valence-electron chi connectivity index (χ2n) is 5.24. The van der Waals surface area contributed by atoms with Crippen molar-refractivity contribution in [3.63, 3.8) is 0 Å². The first-order valence-electron chi connectivity index (χ1n) is 7.04. The van der Waals surface area contributed by atoms with E-state index in [1.54, 1.807) is 0 Å². The van der Waals surface area contributed by atoms with Crippen LogP contribution >= 0.6 is 0 Å². The molecule has 0 spiro atoms. The Morgan fingerprint density at radius 1 is 1.24 bits per heavy atom. The maximum atomic E-state index is 12.6. The van der Waals surface area contributed by atoms with Crippen LogP contribution in [-0.2, 0) is 4.79 Å². The van der Waals surface area contributed by atoms with Crippen molar-refractivity contribution in [3.05, 3.63) is 53.6 Å². The first-order valence-corrected chi connectivity index (χ1v) is 7.04. The Bertz CT molecular complexity index is 682. The molecule has 0 fully saturated rings. The first kappa shape index (κ1) is 13.5. The number of fused-ring (bicyclic) bond motifs is 1. The van der Waals surface area contributed by atoms with Gasteiger partial charge in [-0.15, -0.1) is 0 Å². The van der Waals surface area contributed by atoms with E-state index in [0.29, 0.717) is 18.7 Å². The van der Waals surface area contributed by atoms with Crippen molar-refractivity contribution in [1.82, 2.24) is 0 Å². The zero-order valence-electron chi connectivity index (χ0n) is 11.9. The maximum Gasteiger partial charge on any atom is 0.232 e. The van der Waals surface area contributed by atoms with Crippen LogP contribution in [0.2, 0.25) is 0 Å². The van der Waals surface area contributed by atoms with E-state index in [0.717, 1.165) is 22.6 Å². The monoisotopic (exact) mass is 282 g/mol. The summed E-state index contributed by atoms with van der Waals surface area (Å²) in [4.78, 5) is 12.6. The van der Waals surface area contributed by atoms with Crippen LogP contribution in [0.25, 0.3) is 0 Å². The van der Waals surface area contributed by atoms with Crippen LogP contribution in [-0.4, -0.2) is 12.5 Å². The summed E-state index contributed by atoms with van der Waals surface area (Å²) >= 11 is 0. The molecule has 3 rings (SSSR count). The molecule has 4 nitrogen and oxygen atoms in total. The topological polar surface area (TPSA) is 64.3 Å². The minimum Gasteiger partial charge on any atom is -0.493 e. The zero-order chi connectivity index (χ0) is 14.8. The summed E-state index contributed by atoms with van der Waals surface area (Å²) in [7, 11) is 0. The van der Waals surface area contributed by atoms with Crippen LogP contribution in [0, 0.1) is 6.92 Å². The van der Waals surface area contributed by atoms with E-state index < -0.39 is 0 Å². The van der Waals surface area contributed by atoms with Gasteiger partial charge < -0.3 is 15.8 Å². The number of anilines is 2. The molecule has 1 aliphatic rings. The largest absolute Gasteiger partial charge is 0.493 e. The molecule has 2 aromatic carbocycles. The Morgan fingerprint density at radius 3 is 2.90 bits per heavy atom. The van der Waals surface area contributed by atoms with Crippen LogP contribution in [0.1, 0.15) is 23.5 Å². The van der Waals surface area contributed by atoms with Crippen LogP contribution in [0.15, 0.2) is 42.5 Å². The Morgan fingerprint density at radius 2 is 2.05 bits per heavy atom. The highest BCUT2D eigenvalue weighted by molar-refractivity contribution is 5.97. The second-order valence-corrected chi connectivity index (χ2v) is 5.24. The molecule has 1 unspecified atom stereocenters. The normalized spacial score (nSPS) is 16.7. The van der Waals surface area contributed by atoms with Gasteiger partial charge in [0.15, 0.2) is 0 Å². The minimum atomic E-state index is -0.184. The molecular formula is C17H18N2O2. The molecule has 0 aliphatic carbocycles. The molecule has 4 heteroatoms. The van der Waals surface area contributed by atoms with Crippen molar-refractivity contribution >= 4 is 17.3 Å². The molecule has 1 heterocycles. The number of amides is 1. The lowest BCUT2D eigenvalue weighted by Gasteiger charge is -2.25. The summed E-state index contributed by atoms with van der Waals surface area (Å²) < 4.78 is 5.60. The number of nitrogen functional groups attached to an aromatic ring is 1. The van der Waals surface area contributed by atoms with Gasteiger partial charge in [-0.1, -0.05) is 24.3 Å². The van der Waals surface area contributed by atoms with Crippen molar-refractivity contribution in [2.24, 2.45) is 0 Å². The fourth-order valence-corrected chi connectivity index (χ4v) is 2.62. The summed E-state index contributed by atoms with van der Waals surface area (Å²) in [6.45, 7) is 2.47. The highest BCUT2D eigenvalue weighted by Crippen LogP contribution is 2.34. The number of ether oxygens (including phenoxy) is 1. The fraction of sp³-hybridized carbons (Fsp3) is 0.235. The number of nitrogens with two attached hydrogens (primary N) is 1. The van der Waals surface area contributed by atoms with E-state index in [1.807, 2.05) is 49.4 Å². The van der Waals surface area contributed by atoms with E-state index in [4.69, 9.17) is 10.5 Å². The van der Waals surface area contributed by atoms with Gasteiger partial charge in [-0.3, -0.25) is 4.79 Å². The standard InChI is InChI=1S/C17H18N2O2/c1-11-14(18)6-4-7-15(11)19-17(20)13-9-10-21-16-8-3-2-5-12(13)16/h2-8,13H,9-10,18H2,1H3,(H,19,20). The molecule has 108 valence electrons. The average molecular weight is 282 g/mol. The number of rotatable bonds is 2. The molecule has 2 aromatic rings. The predicted octanol–water partition coefficient (Wildman–Crippen LogP) is 3.08. The van der Waals surface area contributed by atoms with Gasteiger partial charge in [0.2, 0.25) is 5.91 Å². The van der Waals surface area contributed by atoms with E-state index in [2.05, 4.69) is 5.32 Å². The molecule has 0 saturated carbocycles. The molecule has 0 bridgehead atoms. The zero-order valence-corrected chi connectivity index (χ0v) is 11.9. The summed E-state index contributed by atoms with van der Waals surface area (Å²) in [5, 5.41) is 2.99. The van der Waals surface area contributed by atoms with E-state index >= 15 is 0 Å². The number of hydrogen-bond donors (Lipinski definition) is 2. The van der Waals surface area contributed by atoms with Crippen molar-refractivity contribution in [2.45, 2.75) is 19.3 Å². The third kappa shape index (κ3) is 2.57. The Balaban J connectivity index is 1.85. The van der Waals surface area contributed by atoms with Crippen LogP contribution in [0.3, 0.4) is 0 Å². The minimum absolute atomic E-state index is 0.0144. The van der Waals surface area contributed by atoms with Crippen molar-refractivity contribution in [3.8, 4) is 5.75 Å². The van der Waals surface area contributed by atoms with E-state index in [-0.39, 0.29) is 11.8 Å². The lowest BCUT2D eigenvalue weighted by Crippen LogP contribution is -2.26. The molecule has 21 heavy (non-hydrogen) atoms. The Labute approximate surface area is 123 Å². The summed E-state index contributed by atoms with van der Waals surface area (Å²) in [6.07, 6.45) is 0.685. The van der Waals surface area contributed by atoms with Gasteiger partial charge in [-0.25, -0.2) is 0 Å². The molecule has 3 N–H and O–H groups in total. The van der Waals surface area contributed by atoms with Gasteiger partial charge in [-0.05, 0) is 37.1 Å². The van der Waals surface area contributed by atoms with Gasteiger partial charge in [0.05, 0.1) is 12.5 Å². The molecule has 0 aromatic heterocycles. The molecule has 0 saturated heterocycles. The number of hydrogen-bond acceptors (Lipinski definition) is 3. The van der Waals surface area contributed by atoms with Crippen LogP contribution in [0.5, 0.6) is 5.75 Å². The highest BCUT2D eigenvalue weighted by atomic mass is 16.5. The van der Waals surface area contributed by atoms with Gasteiger partial charge in [0, 0.05) is 16.9 Å². The summed E-state index contributed by atoms with van der Waals surface area (Å²) in [6, 6.07) is 13.2. The lowest BCUT2D eigenvalue weighted by atomic mass is 9.92. The van der Waals surface area contributed by atoms with Crippen molar-refractivity contribution in [1.29, 1.82) is 0 Å². The SMILES string of the molecule is Cc1c(N)cccc1NC(=O)C1CCOc2ccccc21. The number of carbonyl (C=O) groups excluding carboxylic acids is 1. The quantitative estimate of drug-likeness (QED) is 0.832. The van der Waals surface area contributed by atoms with Gasteiger partial charge in [0.25, 0.3) is 0 Å². The number of benzene rings is 2. The fourth-order valence-electron chi connectivity index (χ4n) is 2.62. The summed E-state index contributed by atoms with van der Waals surface area (Å²) in [5.41, 5.74) is 9.17. The molecule has 0 radical (unpaired) electrons. The third-order valence-electron chi connectivity index (χ3n) is 3.91. The number of nitrogens with one attached hydrogen (secondary N) is 1. The lowest BCUT2D eigenvalue weighted by molar-refractivity contribution is -0.118. The molecule has 1 amide bonds. The van der Waals surface area contributed by atoms with E-state index in [9.17, 15) is 4.79 Å². The second kappa shape index (κ2) is 5.48. The van der Waals surface area contributed by atoms with Crippen molar-refractivity contribution in [2.75, 3.05) is 17.7 Å². The number of para-hydroxylation sites is 1. The third-order valence-corrected chi connectivity index (χ3v) is 3.91. The summed E-state index contributed by atoms with van der Waals surface area (Å²) in [5.74, 6) is 0.600. The average Bonchev–Trinajstić information content (AvgIpc) is 2.51. The number of carbonyl (C=O) groups is 1. The van der Waals surface area contributed by atoms with Crippen molar-refractivity contribution < 1.29 is 9.53 Å². The Kier molecular flexibility index (Phi) is 3.52. The smallest absolute Gasteiger partial charge is 0.232 e. The van der Waals surface area contributed by atoms with Gasteiger partial charge in [-0.2, -0.15) is 0 Å². The molecular weight excluding hydrogens is 264 g/mol. The molecule has 1 aliphatic heterocycles. The molecule has 1 atom stereocenters. The maximum absolute atomic E-state index is 12.6. The van der Waals surface area contributed by atoms with E-state index in [1.165, 1.54) is 0 Å². The van der Waals surface area contributed by atoms with Crippen LogP contribution in [0.4, 0.5) is 11.4 Å². The highest BCUT2D eigenvalue weighted by Gasteiger charge is 2.27. The van der Waals surface area contributed by atoms with Crippen LogP contribution < -0.4 is 15.8 Å². The van der Waals surface area contributed by atoms with Gasteiger partial charge >= 0.3 is 0 Å². The predicted molar refractivity (Wildman–Crippen MR) is 83.5 cm³/mol.